The van der Waals surface area contributed by atoms with Gasteiger partial charge in [0.25, 0.3) is 10.1 Å². The van der Waals surface area contributed by atoms with Crippen molar-refractivity contribution in [2.24, 2.45) is 0 Å². The van der Waals surface area contributed by atoms with Crippen LogP contribution in [-0.2, 0) is 35.3 Å². The molecule has 4 aromatic rings. The first kappa shape index (κ1) is 51.6. The lowest BCUT2D eigenvalue weighted by Gasteiger charge is -2.32. The van der Waals surface area contributed by atoms with Crippen LogP contribution in [0.3, 0.4) is 0 Å². The van der Waals surface area contributed by atoms with Crippen LogP contribution in [0.4, 0.5) is 4.39 Å². The Bertz CT molecular complexity index is 1900. The average Bonchev–Trinajstić information content (AvgIpc) is 3.29. The molecule has 13 heteroatoms. The van der Waals surface area contributed by atoms with Crippen LogP contribution in [0.5, 0.6) is 11.5 Å². The number of unbranched alkanes of at least 4 members (excludes halogenated alkanes) is 10. The highest BCUT2D eigenvalue weighted by atomic mass is 32.2. The summed E-state index contributed by atoms with van der Waals surface area (Å²) < 4.78 is 70.8. The molecule has 9 nitrogen and oxygen atoms in total. The van der Waals surface area contributed by atoms with Crippen LogP contribution < -0.4 is 9.47 Å². The smallest absolute Gasteiger partial charge is 0.338 e. The lowest BCUT2D eigenvalue weighted by molar-refractivity contribution is -0.0565. The number of rotatable bonds is 32. The third-order valence-electron chi connectivity index (χ3n) is 10.1. The van der Waals surface area contributed by atoms with Gasteiger partial charge in [0.1, 0.15) is 18.1 Å². The average molecular weight is 925 g/mol. The molecule has 0 bridgehead atoms. The van der Waals surface area contributed by atoms with Gasteiger partial charge in [-0.2, -0.15) is 8.42 Å². The normalized spacial score (nSPS) is 13.0. The first-order valence-corrected chi connectivity index (χ1v) is 26.1. The maximum Gasteiger partial charge on any atom is 0.338 e. The van der Waals surface area contributed by atoms with Gasteiger partial charge in [-0.05, 0) is 72.5 Å². The Morgan fingerprint density at radius 1 is 0.587 bits per heavy atom. The second-order valence-electron chi connectivity index (χ2n) is 15.5. The number of esters is 2. The Labute approximate surface area is 383 Å². The highest BCUT2D eigenvalue weighted by Crippen LogP contribution is 2.37. The standard InChI is InChI=1S/C50H65FO9S3/c1-4-6-8-10-12-20-34-56-43-30-26-39(27-31-43)37-61-50(62-38-40-28-32-44(33-29-40)57-35-21-13-11-9-7-5-2)46(51)47(59-49(53)42-24-18-15-19-25-42)45(60-63(3,54)55)36-58-48(52)41-22-16-14-17-23-41/h14-19,22-33,45-47,50H,4-13,20-21,34-38H2,1-3H3. The van der Waals surface area contributed by atoms with Crippen molar-refractivity contribution in [3.63, 3.8) is 0 Å². The Kier molecular flexibility index (Phi) is 24.1. The predicted octanol–water partition coefficient (Wildman–Crippen LogP) is 12.4. The number of carbonyl (C=O) groups excluding carboxylic acids is 2. The fraction of sp³-hybridized carbons (Fsp3) is 0.480. The van der Waals surface area contributed by atoms with Gasteiger partial charge >= 0.3 is 11.9 Å². The van der Waals surface area contributed by atoms with Crippen molar-refractivity contribution < 1.29 is 45.5 Å². The summed E-state index contributed by atoms with van der Waals surface area (Å²) in [4.78, 5) is 26.6. The molecule has 0 fully saturated rings. The Hall–Kier alpha value is -4.04. The lowest BCUT2D eigenvalue weighted by Crippen LogP contribution is -2.47. The van der Waals surface area contributed by atoms with Gasteiger partial charge in [0, 0.05) is 11.5 Å². The number of hydrogen-bond donors (Lipinski definition) is 0. The summed E-state index contributed by atoms with van der Waals surface area (Å²) in [7, 11) is -4.27. The highest BCUT2D eigenvalue weighted by Gasteiger charge is 2.42. The molecule has 0 aromatic heterocycles. The van der Waals surface area contributed by atoms with Crippen molar-refractivity contribution in [3.8, 4) is 11.5 Å². The second kappa shape index (κ2) is 29.4. The molecule has 4 rings (SSSR count). The summed E-state index contributed by atoms with van der Waals surface area (Å²) in [5, 5.41) is 0. The van der Waals surface area contributed by atoms with Gasteiger partial charge in [-0.3, -0.25) is 4.18 Å². The van der Waals surface area contributed by atoms with Crippen molar-refractivity contribution in [2.45, 2.75) is 125 Å². The van der Waals surface area contributed by atoms with E-state index in [-0.39, 0.29) is 11.1 Å². The molecule has 3 unspecified atom stereocenters. The Morgan fingerprint density at radius 2 is 1.02 bits per heavy atom. The number of halogens is 1. The molecule has 0 saturated carbocycles. The number of thioether (sulfide) groups is 2. The topological polar surface area (TPSA) is 114 Å². The predicted molar refractivity (Wildman–Crippen MR) is 254 cm³/mol. The number of alkyl halides is 1. The quantitative estimate of drug-likeness (QED) is 0.0202. The van der Waals surface area contributed by atoms with Gasteiger partial charge in [-0.1, -0.05) is 139 Å². The Balaban J connectivity index is 1.54. The van der Waals surface area contributed by atoms with Crippen LogP contribution in [0, 0.1) is 0 Å². The number of benzene rings is 4. The monoisotopic (exact) mass is 924 g/mol. The first-order valence-electron chi connectivity index (χ1n) is 22.2. The van der Waals surface area contributed by atoms with Crippen molar-refractivity contribution in [2.75, 3.05) is 26.1 Å². The summed E-state index contributed by atoms with van der Waals surface area (Å²) in [5.41, 5.74) is 2.15. The molecule has 0 aliphatic carbocycles. The Morgan fingerprint density at radius 3 is 1.46 bits per heavy atom. The molecule has 0 spiro atoms. The van der Waals surface area contributed by atoms with Crippen LogP contribution in [-0.4, -0.2) is 69.4 Å². The lowest BCUT2D eigenvalue weighted by atomic mass is 10.1. The maximum atomic E-state index is 17.6. The molecule has 63 heavy (non-hydrogen) atoms. The molecular formula is C50H65FO9S3. The van der Waals surface area contributed by atoms with Crippen LogP contribution in [0.1, 0.15) is 123 Å². The summed E-state index contributed by atoms with van der Waals surface area (Å²) in [6, 6.07) is 31.5. The zero-order valence-electron chi connectivity index (χ0n) is 37.0. The largest absolute Gasteiger partial charge is 0.494 e. The molecule has 0 saturated heterocycles. The summed E-state index contributed by atoms with van der Waals surface area (Å²) >= 11 is 2.58. The molecule has 0 radical (unpaired) electrons. The summed E-state index contributed by atoms with van der Waals surface area (Å²) in [6.45, 7) is 4.96. The van der Waals surface area contributed by atoms with E-state index in [4.69, 9.17) is 23.1 Å². The van der Waals surface area contributed by atoms with Crippen LogP contribution in [0.2, 0.25) is 0 Å². The minimum atomic E-state index is -4.27. The summed E-state index contributed by atoms with van der Waals surface area (Å²) in [6.07, 6.45) is 9.32. The molecule has 0 aliphatic rings. The van der Waals surface area contributed by atoms with Gasteiger partial charge in [-0.15, -0.1) is 23.5 Å². The molecule has 0 N–H and O–H groups in total. The maximum absolute atomic E-state index is 17.6. The van der Waals surface area contributed by atoms with E-state index < -0.39 is 51.6 Å². The van der Waals surface area contributed by atoms with Crippen molar-refractivity contribution >= 4 is 45.6 Å². The first-order chi connectivity index (χ1) is 30.6. The molecule has 0 aliphatic heterocycles. The highest BCUT2D eigenvalue weighted by molar-refractivity contribution is 8.16. The van der Waals surface area contributed by atoms with Crippen LogP contribution >= 0.6 is 23.5 Å². The fourth-order valence-corrected chi connectivity index (χ4v) is 9.76. The third-order valence-corrected chi connectivity index (χ3v) is 13.7. The van der Waals surface area contributed by atoms with E-state index in [2.05, 4.69) is 13.8 Å². The van der Waals surface area contributed by atoms with Crippen molar-refractivity contribution in [1.29, 1.82) is 0 Å². The zero-order chi connectivity index (χ0) is 45.1. The van der Waals surface area contributed by atoms with E-state index in [1.807, 2.05) is 48.5 Å². The van der Waals surface area contributed by atoms with Gasteiger partial charge in [0.05, 0.1) is 35.2 Å². The molecular weight excluding hydrogens is 860 g/mol. The number of hydrogen-bond acceptors (Lipinski definition) is 11. The van der Waals surface area contributed by atoms with E-state index in [1.165, 1.54) is 99.2 Å². The molecule has 0 amide bonds. The fourth-order valence-electron chi connectivity index (χ4n) is 6.58. The minimum absolute atomic E-state index is 0.128. The van der Waals surface area contributed by atoms with Gasteiger partial charge in [-0.25, -0.2) is 14.0 Å². The zero-order valence-corrected chi connectivity index (χ0v) is 39.4. The summed E-state index contributed by atoms with van der Waals surface area (Å²) in [5.74, 6) is 0.596. The van der Waals surface area contributed by atoms with Crippen molar-refractivity contribution in [3.05, 3.63) is 131 Å². The minimum Gasteiger partial charge on any atom is -0.494 e. The van der Waals surface area contributed by atoms with Crippen LogP contribution in [0.15, 0.2) is 109 Å². The van der Waals surface area contributed by atoms with E-state index in [0.717, 1.165) is 54.6 Å². The van der Waals surface area contributed by atoms with E-state index >= 15 is 4.39 Å². The van der Waals surface area contributed by atoms with Gasteiger partial charge < -0.3 is 18.9 Å². The van der Waals surface area contributed by atoms with Gasteiger partial charge in [0.2, 0.25) is 0 Å². The van der Waals surface area contributed by atoms with Crippen LogP contribution in [0.25, 0.3) is 0 Å². The molecule has 4 aromatic carbocycles. The molecule has 0 heterocycles. The second-order valence-corrected chi connectivity index (χ2v) is 19.7. The number of carbonyl (C=O) groups is 2. The molecule has 344 valence electrons. The van der Waals surface area contributed by atoms with E-state index in [0.29, 0.717) is 24.7 Å². The SMILES string of the molecule is CCCCCCCCOc1ccc(CSC(SCc2ccc(OCCCCCCCC)cc2)C(F)C(OC(=O)c2ccccc2)C(COC(=O)c2ccccc2)OS(C)(=O)=O)cc1. The third kappa shape index (κ3) is 20.6. The van der Waals surface area contributed by atoms with E-state index in [1.54, 1.807) is 36.4 Å². The van der Waals surface area contributed by atoms with E-state index in [9.17, 15) is 18.0 Å². The van der Waals surface area contributed by atoms with Gasteiger partial charge in [0.15, 0.2) is 18.4 Å². The number of ether oxygens (including phenoxy) is 4. The molecule has 3 atom stereocenters. The van der Waals surface area contributed by atoms with Crippen molar-refractivity contribution in [1.82, 2.24) is 0 Å².